The zero-order valence-corrected chi connectivity index (χ0v) is 21.2. The molecule has 0 bridgehead atoms. The second-order valence-corrected chi connectivity index (χ2v) is 8.49. The molecule has 1 atom stereocenters. The fourth-order valence-electron chi connectivity index (χ4n) is 4.19. The van der Waals surface area contributed by atoms with Crippen LogP contribution < -0.4 is 5.32 Å². The van der Waals surface area contributed by atoms with Crippen LogP contribution >= 0.6 is 13.5 Å². The van der Waals surface area contributed by atoms with Crippen molar-refractivity contribution in [2.24, 2.45) is 0 Å². The van der Waals surface area contributed by atoms with Crippen LogP contribution in [0.1, 0.15) is 30.2 Å². The number of aromatic nitrogens is 2. The number of carbonyl (C=O) groups excluding carboxylic acids is 2. The third kappa shape index (κ3) is 6.33. The first-order valence-corrected chi connectivity index (χ1v) is 11.4. The van der Waals surface area contributed by atoms with Gasteiger partial charge in [0.2, 0.25) is 5.91 Å². The quantitative estimate of drug-likeness (QED) is 0.345. The number of methoxy groups -OCH3 is 1. The summed E-state index contributed by atoms with van der Waals surface area (Å²) < 4.78 is 12.6. The fourth-order valence-corrected chi connectivity index (χ4v) is 4.19. The van der Waals surface area contributed by atoms with Crippen LogP contribution in [0.2, 0.25) is 0 Å². The molecule has 1 N–H and O–H groups in total. The van der Waals surface area contributed by atoms with Gasteiger partial charge in [-0.25, -0.2) is 4.79 Å². The highest BCUT2D eigenvalue weighted by atomic mass is 32.1. The predicted octanol–water partition coefficient (Wildman–Crippen LogP) is 4.57. The molecule has 1 amide bonds. The van der Waals surface area contributed by atoms with Gasteiger partial charge in [-0.1, -0.05) is 53.2 Å². The van der Waals surface area contributed by atoms with E-state index in [9.17, 15) is 9.59 Å². The maximum atomic E-state index is 12.2. The first kappa shape index (κ1) is 26.1. The number of hydrogen-bond donors (Lipinski definition) is 1. The van der Waals surface area contributed by atoms with Gasteiger partial charge >= 0.3 is 5.97 Å². The minimum absolute atomic E-state index is 0. The van der Waals surface area contributed by atoms with Gasteiger partial charge in [-0.2, -0.15) is 13.5 Å². The number of para-hydroxylation sites is 1. The minimum Gasteiger partial charge on any atom is -0.467 e. The van der Waals surface area contributed by atoms with Crippen molar-refractivity contribution >= 4 is 36.3 Å². The Morgan fingerprint density at radius 1 is 1.14 bits per heavy atom. The first-order chi connectivity index (χ1) is 16.4. The molecule has 2 aromatic heterocycles. The number of nitrogens with zero attached hydrogens (tertiary/aromatic N) is 2. The molecular weight excluding hydrogens is 462 g/mol. The Labute approximate surface area is 211 Å². The third-order valence-corrected chi connectivity index (χ3v) is 5.89. The molecule has 1 unspecified atom stereocenters. The molecule has 0 aliphatic heterocycles. The SMILES string of the molecule is COC(=O)C(Cc1cn(CCCc2cc(-c3ccc(C)cc3)no2)c2ccccc12)NC(C)=O.S. The van der Waals surface area contributed by atoms with Gasteiger partial charge in [0.15, 0.2) is 0 Å². The van der Waals surface area contributed by atoms with Gasteiger partial charge in [-0.3, -0.25) is 4.79 Å². The number of esters is 1. The van der Waals surface area contributed by atoms with Gasteiger partial charge in [0, 0.05) is 55.0 Å². The minimum atomic E-state index is -0.726. The lowest BCUT2D eigenvalue weighted by Gasteiger charge is -2.14. The molecule has 4 aromatic rings. The van der Waals surface area contributed by atoms with Crippen molar-refractivity contribution in [2.45, 2.75) is 45.7 Å². The molecular formula is C27H31N3O4S. The Bertz CT molecular complexity index is 1290. The van der Waals surface area contributed by atoms with E-state index in [-0.39, 0.29) is 19.4 Å². The van der Waals surface area contributed by atoms with E-state index in [2.05, 4.69) is 46.4 Å². The van der Waals surface area contributed by atoms with Crippen LogP contribution in [-0.2, 0) is 33.7 Å². The summed E-state index contributed by atoms with van der Waals surface area (Å²) >= 11 is 0. The largest absolute Gasteiger partial charge is 0.467 e. The monoisotopic (exact) mass is 493 g/mol. The van der Waals surface area contributed by atoms with E-state index in [0.29, 0.717) is 6.42 Å². The molecule has 0 aliphatic carbocycles. The molecule has 184 valence electrons. The predicted molar refractivity (Wildman–Crippen MR) is 141 cm³/mol. The Hall–Kier alpha value is -3.52. The summed E-state index contributed by atoms with van der Waals surface area (Å²) in [6, 6.07) is 17.6. The standard InChI is InChI=1S/C27H29N3O4.H2S/c1-18-10-12-20(13-11-18)24-16-22(34-29-24)7-6-14-30-17-21(23-8-4-5-9-26(23)30)15-25(27(32)33-3)28-19(2)31;/h4-5,8-13,16-17,25H,6-7,14-15H2,1-3H3,(H,28,31);1H2. The van der Waals surface area contributed by atoms with E-state index in [1.807, 2.05) is 36.4 Å². The van der Waals surface area contributed by atoms with Crippen LogP contribution in [0.25, 0.3) is 22.2 Å². The second-order valence-electron chi connectivity index (χ2n) is 8.49. The number of aryl methyl sites for hydroxylation is 3. The summed E-state index contributed by atoms with van der Waals surface area (Å²) in [4.78, 5) is 23.8. The van der Waals surface area contributed by atoms with Gasteiger partial charge in [0.25, 0.3) is 0 Å². The summed E-state index contributed by atoms with van der Waals surface area (Å²) in [6.45, 7) is 4.24. The molecule has 0 spiro atoms. The van der Waals surface area contributed by atoms with Crippen molar-refractivity contribution in [3.05, 3.63) is 77.7 Å². The third-order valence-electron chi connectivity index (χ3n) is 5.89. The van der Waals surface area contributed by atoms with Crippen LogP contribution in [-0.4, -0.2) is 34.8 Å². The topological polar surface area (TPSA) is 86.4 Å². The van der Waals surface area contributed by atoms with Crippen molar-refractivity contribution in [1.29, 1.82) is 0 Å². The summed E-state index contributed by atoms with van der Waals surface area (Å²) in [5.41, 5.74) is 5.17. The lowest BCUT2D eigenvalue weighted by atomic mass is 10.1. The Morgan fingerprint density at radius 2 is 1.89 bits per heavy atom. The van der Waals surface area contributed by atoms with Crippen LogP contribution in [0.15, 0.2) is 65.3 Å². The van der Waals surface area contributed by atoms with E-state index in [4.69, 9.17) is 9.26 Å². The number of rotatable bonds is 9. The zero-order valence-electron chi connectivity index (χ0n) is 20.2. The summed E-state index contributed by atoms with van der Waals surface area (Å²) in [5, 5.41) is 7.97. The van der Waals surface area contributed by atoms with E-state index in [1.54, 1.807) is 0 Å². The number of amides is 1. The molecule has 0 saturated heterocycles. The summed E-state index contributed by atoms with van der Waals surface area (Å²) in [6.07, 6.45) is 4.05. The molecule has 8 heteroatoms. The zero-order chi connectivity index (χ0) is 24.1. The van der Waals surface area contributed by atoms with Crippen molar-refractivity contribution in [3.8, 4) is 11.3 Å². The average molecular weight is 494 g/mol. The molecule has 2 heterocycles. The van der Waals surface area contributed by atoms with Crippen LogP contribution in [0.5, 0.6) is 0 Å². The highest BCUT2D eigenvalue weighted by Gasteiger charge is 2.22. The smallest absolute Gasteiger partial charge is 0.328 e. The average Bonchev–Trinajstić information content (AvgIpc) is 3.44. The molecule has 4 rings (SSSR count). The number of nitrogens with one attached hydrogen (secondary N) is 1. The normalized spacial score (nSPS) is 11.6. The fraction of sp³-hybridized carbons (Fsp3) is 0.296. The Balaban J connectivity index is 0.00000342. The molecule has 0 saturated carbocycles. The van der Waals surface area contributed by atoms with Crippen LogP contribution in [0.4, 0.5) is 0 Å². The van der Waals surface area contributed by atoms with Crippen LogP contribution in [0, 0.1) is 6.92 Å². The van der Waals surface area contributed by atoms with E-state index >= 15 is 0 Å². The van der Waals surface area contributed by atoms with Gasteiger partial charge in [0.05, 0.1) is 7.11 Å². The molecule has 35 heavy (non-hydrogen) atoms. The number of fused-ring (bicyclic) bond motifs is 1. The van der Waals surface area contributed by atoms with E-state index < -0.39 is 12.0 Å². The number of hydrogen-bond acceptors (Lipinski definition) is 5. The highest BCUT2D eigenvalue weighted by Crippen LogP contribution is 2.24. The van der Waals surface area contributed by atoms with Gasteiger partial charge in [-0.05, 0) is 25.0 Å². The van der Waals surface area contributed by atoms with E-state index in [1.165, 1.54) is 19.6 Å². The van der Waals surface area contributed by atoms with Gasteiger partial charge < -0.3 is 19.1 Å². The second kappa shape index (κ2) is 11.8. The lowest BCUT2D eigenvalue weighted by Crippen LogP contribution is -2.41. The molecule has 0 aliphatic rings. The van der Waals surface area contributed by atoms with E-state index in [0.717, 1.165) is 52.9 Å². The highest BCUT2D eigenvalue weighted by molar-refractivity contribution is 7.59. The lowest BCUT2D eigenvalue weighted by molar-refractivity contribution is -0.144. The molecule has 0 radical (unpaired) electrons. The molecule has 7 nitrogen and oxygen atoms in total. The Morgan fingerprint density at radius 3 is 2.60 bits per heavy atom. The summed E-state index contributed by atoms with van der Waals surface area (Å²) in [5.74, 6) is 0.126. The number of benzene rings is 2. The Kier molecular flexibility index (Phi) is 8.76. The number of carbonyl (C=O) groups is 2. The van der Waals surface area contributed by atoms with Gasteiger partial charge in [0.1, 0.15) is 17.5 Å². The van der Waals surface area contributed by atoms with Gasteiger partial charge in [-0.15, -0.1) is 0 Å². The summed E-state index contributed by atoms with van der Waals surface area (Å²) in [7, 11) is 1.33. The first-order valence-electron chi connectivity index (χ1n) is 11.4. The number of ether oxygens (including phenoxy) is 1. The maximum Gasteiger partial charge on any atom is 0.328 e. The van der Waals surface area contributed by atoms with Crippen LogP contribution in [0.3, 0.4) is 0 Å². The van der Waals surface area contributed by atoms with Crippen molar-refractivity contribution in [2.75, 3.05) is 7.11 Å². The molecule has 2 aromatic carbocycles. The van der Waals surface area contributed by atoms with Crippen molar-refractivity contribution < 1.29 is 18.8 Å². The van der Waals surface area contributed by atoms with Crippen molar-refractivity contribution in [3.63, 3.8) is 0 Å². The van der Waals surface area contributed by atoms with Crippen molar-refractivity contribution in [1.82, 2.24) is 15.0 Å². The maximum absolute atomic E-state index is 12.2. The molecule has 0 fully saturated rings.